The van der Waals surface area contributed by atoms with E-state index in [1.165, 1.54) is 0 Å². The molecule has 5 nitrogen and oxygen atoms in total. The molecule has 0 amide bonds. The lowest BCUT2D eigenvalue weighted by molar-refractivity contribution is 0.0478. The first kappa shape index (κ1) is 11.7. The number of hydrogen-bond acceptors (Lipinski definition) is 5. The van der Waals surface area contributed by atoms with Gasteiger partial charge < -0.3 is 9.26 Å². The Labute approximate surface area is 89.0 Å². The highest BCUT2D eigenvalue weighted by Crippen LogP contribution is 2.19. The van der Waals surface area contributed by atoms with E-state index in [1.807, 2.05) is 13.0 Å². The van der Waals surface area contributed by atoms with Crippen LogP contribution in [0.25, 0.3) is 0 Å². The van der Waals surface area contributed by atoms with E-state index in [2.05, 4.69) is 17.1 Å². The van der Waals surface area contributed by atoms with Crippen molar-refractivity contribution in [2.75, 3.05) is 6.61 Å². The van der Waals surface area contributed by atoms with Crippen LogP contribution < -0.4 is 0 Å². The molecule has 5 heteroatoms. The van der Waals surface area contributed by atoms with Gasteiger partial charge in [0.25, 0.3) is 0 Å². The summed E-state index contributed by atoms with van der Waals surface area (Å²) in [5, 5.41) is 12.3. The molecule has 1 aromatic rings. The molecule has 1 aromatic heterocycles. The minimum Gasteiger partial charge on any atom is -0.370 e. The molecule has 0 radical (unpaired) electrons. The van der Waals surface area contributed by atoms with E-state index in [9.17, 15) is 0 Å². The van der Waals surface area contributed by atoms with Crippen LogP contribution in [0.15, 0.2) is 4.52 Å². The second kappa shape index (κ2) is 6.14. The second-order valence-electron chi connectivity index (χ2n) is 3.11. The zero-order chi connectivity index (χ0) is 11.1. The van der Waals surface area contributed by atoms with Gasteiger partial charge in [0.1, 0.15) is 12.5 Å². The average Bonchev–Trinajstić information content (AvgIpc) is 2.67. The fourth-order valence-corrected chi connectivity index (χ4v) is 1.29. The van der Waals surface area contributed by atoms with Crippen molar-refractivity contribution in [3.05, 3.63) is 11.7 Å². The van der Waals surface area contributed by atoms with Gasteiger partial charge in [-0.05, 0) is 13.3 Å². The van der Waals surface area contributed by atoms with E-state index in [-0.39, 0.29) is 12.5 Å². The van der Waals surface area contributed by atoms with Crippen molar-refractivity contribution in [2.24, 2.45) is 0 Å². The Bertz CT molecular complexity index is 324. The van der Waals surface area contributed by atoms with Crippen LogP contribution in [0.4, 0.5) is 0 Å². The van der Waals surface area contributed by atoms with Gasteiger partial charge in [-0.15, -0.1) is 0 Å². The van der Waals surface area contributed by atoms with Crippen molar-refractivity contribution in [3.63, 3.8) is 0 Å². The highest BCUT2D eigenvalue weighted by atomic mass is 16.5. The van der Waals surface area contributed by atoms with Crippen LogP contribution in [-0.2, 0) is 11.2 Å². The zero-order valence-electron chi connectivity index (χ0n) is 9.06. The normalized spacial score (nSPS) is 12.3. The van der Waals surface area contributed by atoms with E-state index in [4.69, 9.17) is 14.5 Å². The van der Waals surface area contributed by atoms with Crippen molar-refractivity contribution < 1.29 is 9.26 Å². The number of nitrogens with zero attached hydrogens (tertiary/aromatic N) is 3. The minimum absolute atomic E-state index is 0.115. The quantitative estimate of drug-likeness (QED) is 0.716. The summed E-state index contributed by atoms with van der Waals surface area (Å²) < 4.78 is 10.4. The molecular formula is C10H15N3O2. The van der Waals surface area contributed by atoms with Crippen molar-refractivity contribution in [2.45, 2.75) is 39.2 Å². The molecule has 0 fully saturated rings. The van der Waals surface area contributed by atoms with Crippen molar-refractivity contribution in [3.8, 4) is 6.07 Å². The number of aromatic nitrogens is 2. The van der Waals surface area contributed by atoms with Gasteiger partial charge in [0, 0.05) is 6.61 Å². The standard InChI is InChI=1S/C10H15N3O2/c1-3-5-8(14-4-2)10-12-9(6-7-11)15-13-10/h8H,3-6H2,1-2H3. The van der Waals surface area contributed by atoms with Crippen LogP contribution in [0.2, 0.25) is 0 Å². The Morgan fingerprint density at radius 3 is 2.93 bits per heavy atom. The molecule has 0 aliphatic rings. The molecule has 0 spiro atoms. The van der Waals surface area contributed by atoms with Crippen LogP contribution in [0, 0.1) is 11.3 Å². The Morgan fingerprint density at radius 2 is 2.33 bits per heavy atom. The van der Waals surface area contributed by atoms with Crippen LogP contribution in [0.3, 0.4) is 0 Å². The zero-order valence-corrected chi connectivity index (χ0v) is 9.06. The molecule has 1 rings (SSSR count). The van der Waals surface area contributed by atoms with Gasteiger partial charge in [0.15, 0.2) is 0 Å². The maximum Gasteiger partial charge on any atom is 0.240 e. The van der Waals surface area contributed by atoms with Crippen LogP contribution >= 0.6 is 0 Å². The maximum atomic E-state index is 8.47. The van der Waals surface area contributed by atoms with Gasteiger partial charge in [-0.25, -0.2) is 0 Å². The van der Waals surface area contributed by atoms with Crippen molar-refractivity contribution in [1.29, 1.82) is 5.26 Å². The summed E-state index contributed by atoms with van der Waals surface area (Å²) in [6.45, 7) is 4.62. The molecule has 1 unspecified atom stereocenters. The molecule has 1 atom stereocenters. The smallest absolute Gasteiger partial charge is 0.240 e. The Morgan fingerprint density at radius 1 is 1.53 bits per heavy atom. The van der Waals surface area contributed by atoms with Crippen molar-refractivity contribution in [1.82, 2.24) is 10.1 Å². The van der Waals surface area contributed by atoms with Gasteiger partial charge in [0.05, 0.1) is 6.07 Å². The van der Waals surface area contributed by atoms with Crippen LogP contribution in [0.5, 0.6) is 0 Å². The van der Waals surface area contributed by atoms with Gasteiger partial charge in [-0.2, -0.15) is 10.2 Å². The fraction of sp³-hybridized carbons (Fsp3) is 0.700. The molecule has 1 heterocycles. The number of ether oxygens (including phenoxy) is 1. The lowest BCUT2D eigenvalue weighted by atomic mass is 10.2. The average molecular weight is 209 g/mol. The summed E-state index contributed by atoms with van der Waals surface area (Å²) in [5.74, 6) is 0.900. The summed E-state index contributed by atoms with van der Waals surface area (Å²) >= 11 is 0. The molecule has 0 bridgehead atoms. The number of nitriles is 1. The Balaban J connectivity index is 2.68. The van der Waals surface area contributed by atoms with E-state index in [1.54, 1.807) is 0 Å². The lowest BCUT2D eigenvalue weighted by Gasteiger charge is -2.10. The van der Waals surface area contributed by atoms with Crippen LogP contribution in [0.1, 0.15) is 44.5 Å². The van der Waals surface area contributed by atoms with E-state index < -0.39 is 0 Å². The third-order valence-electron chi connectivity index (χ3n) is 1.92. The molecule has 0 aliphatic carbocycles. The van der Waals surface area contributed by atoms with Crippen molar-refractivity contribution >= 4 is 0 Å². The first-order valence-corrected chi connectivity index (χ1v) is 5.12. The molecule has 15 heavy (non-hydrogen) atoms. The third kappa shape index (κ3) is 3.33. The number of hydrogen-bond donors (Lipinski definition) is 0. The topological polar surface area (TPSA) is 71.9 Å². The first-order chi connectivity index (χ1) is 7.31. The molecule has 0 N–H and O–H groups in total. The second-order valence-corrected chi connectivity index (χ2v) is 3.11. The largest absolute Gasteiger partial charge is 0.370 e. The third-order valence-corrected chi connectivity index (χ3v) is 1.92. The molecule has 0 aromatic carbocycles. The molecular weight excluding hydrogens is 194 g/mol. The van der Waals surface area contributed by atoms with E-state index in [0.29, 0.717) is 18.3 Å². The predicted octanol–water partition coefficient (Wildman–Crippen LogP) is 2.01. The molecule has 82 valence electrons. The predicted molar refractivity (Wildman–Crippen MR) is 52.9 cm³/mol. The van der Waals surface area contributed by atoms with Gasteiger partial charge >= 0.3 is 0 Å². The minimum atomic E-state index is -0.115. The Kier molecular flexibility index (Phi) is 4.78. The summed E-state index contributed by atoms with van der Waals surface area (Å²) in [4.78, 5) is 4.11. The van der Waals surface area contributed by atoms with E-state index in [0.717, 1.165) is 12.8 Å². The highest BCUT2D eigenvalue weighted by molar-refractivity contribution is 4.95. The summed E-state index contributed by atoms with van der Waals surface area (Å²) in [7, 11) is 0. The highest BCUT2D eigenvalue weighted by Gasteiger charge is 2.17. The van der Waals surface area contributed by atoms with Gasteiger partial charge in [-0.1, -0.05) is 18.5 Å². The van der Waals surface area contributed by atoms with E-state index >= 15 is 0 Å². The Hall–Kier alpha value is -1.41. The monoisotopic (exact) mass is 209 g/mol. The summed E-state index contributed by atoms with van der Waals surface area (Å²) in [6, 6.07) is 1.96. The number of rotatable bonds is 6. The summed E-state index contributed by atoms with van der Waals surface area (Å²) in [5.41, 5.74) is 0. The van der Waals surface area contributed by atoms with Crippen LogP contribution in [-0.4, -0.2) is 16.7 Å². The molecule has 0 aliphatic heterocycles. The SMILES string of the molecule is CCCC(OCC)c1noc(CC#N)n1. The fourth-order valence-electron chi connectivity index (χ4n) is 1.29. The summed E-state index contributed by atoms with van der Waals surface area (Å²) in [6.07, 6.45) is 1.89. The maximum absolute atomic E-state index is 8.47. The van der Waals surface area contributed by atoms with Gasteiger partial charge in [-0.3, -0.25) is 0 Å². The lowest BCUT2D eigenvalue weighted by Crippen LogP contribution is -2.06. The van der Waals surface area contributed by atoms with Gasteiger partial charge in [0.2, 0.25) is 11.7 Å². The molecule has 0 saturated carbocycles. The first-order valence-electron chi connectivity index (χ1n) is 5.12. The molecule has 0 saturated heterocycles.